The molecular formula is C8H6N2O3. The van der Waals surface area contributed by atoms with Crippen molar-refractivity contribution in [1.29, 1.82) is 0 Å². The van der Waals surface area contributed by atoms with Gasteiger partial charge in [-0.05, 0) is 6.07 Å². The molecule has 0 spiro atoms. The SMILES string of the molecule is O=C(O)c1cnc2[nH]ccc2c1O. The lowest BCUT2D eigenvalue weighted by atomic mass is 10.2. The maximum absolute atomic E-state index is 10.6. The Kier molecular flexibility index (Phi) is 1.45. The molecule has 0 saturated heterocycles. The number of aromatic hydroxyl groups is 1. The molecule has 66 valence electrons. The van der Waals surface area contributed by atoms with Crippen molar-refractivity contribution in [2.45, 2.75) is 0 Å². The average molecular weight is 178 g/mol. The van der Waals surface area contributed by atoms with E-state index >= 15 is 0 Å². The van der Waals surface area contributed by atoms with E-state index in [-0.39, 0.29) is 11.3 Å². The van der Waals surface area contributed by atoms with Crippen molar-refractivity contribution >= 4 is 17.0 Å². The first-order valence-electron chi connectivity index (χ1n) is 3.58. The molecule has 0 aliphatic heterocycles. The molecule has 0 fully saturated rings. The monoisotopic (exact) mass is 178 g/mol. The summed E-state index contributed by atoms with van der Waals surface area (Å²) in [7, 11) is 0. The number of carbonyl (C=O) groups is 1. The van der Waals surface area contributed by atoms with Crippen molar-refractivity contribution in [3.8, 4) is 5.75 Å². The Morgan fingerprint density at radius 3 is 3.00 bits per heavy atom. The Morgan fingerprint density at radius 1 is 1.54 bits per heavy atom. The molecule has 0 aromatic carbocycles. The minimum Gasteiger partial charge on any atom is -0.506 e. The fraction of sp³-hybridized carbons (Fsp3) is 0. The van der Waals surface area contributed by atoms with Crippen molar-refractivity contribution in [3.63, 3.8) is 0 Å². The molecule has 0 saturated carbocycles. The number of hydrogen-bond donors (Lipinski definition) is 3. The van der Waals surface area contributed by atoms with Crippen LogP contribution in [-0.4, -0.2) is 26.2 Å². The third kappa shape index (κ3) is 1.01. The van der Waals surface area contributed by atoms with Crippen LogP contribution in [0.2, 0.25) is 0 Å². The van der Waals surface area contributed by atoms with Crippen LogP contribution in [0, 0.1) is 0 Å². The smallest absolute Gasteiger partial charge is 0.341 e. The third-order valence-corrected chi connectivity index (χ3v) is 1.79. The molecule has 0 radical (unpaired) electrons. The van der Waals surface area contributed by atoms with E-state index < -0.39 is 5.97 Å². The second-order valence-electron chi connectivity index (χ2n) is 2.57. The average Bonchev–Trinajstić information content (AvgIpc) is 2.52. The summed E-state index contributed by atoms with van der Waals surface area (Å²) in [5.41, 5.74) is 0.287. The van der Waals surface area contributed by atoms with Crippen molar-refractivity contribution in [2.24, 2.45) is 0 Å². The van der Waals surface area contributed by atoms with Gasteiger partial charge in [-0.2, -0.15) is 0 Å². The van der Waals surface area contributed by atoms with Gasteiger partial charge in [0.05, 0.1) is 5.39 Å². The van der Waals surface area contributed by atoms with E-state index in [1.165, 1.54) is 0 Å². The summed E-state index contributed by atoms with van der Waals surface area (Å²) in [5.74, 6) is -1.44. The molecule has 0 aliphatic rings. The molecule has 2 rings (SSSR count). The number of fused-ring (bicyclic) bond motifs is 1. The standard InChI is InChI=1S/C8H6N2O3/c11-6-4-1-2-9-7(4)10-3-5(6)8(12)13/h1-3H,(H,12,13)(H2,9,10,11). The summed E-state index contributed by atoms with van der Waals surface area (Å²) >= 11 is 0. The van der Waals surface area contributed by atoms with Crippen molar-refractivity contribution in [3.05, 3.63) is 24.0 Å². The highest BCUT2D eigenvalue weighted by atomic mass is 16.4. The van der Waals surface area contributed by atoms with Gasteiger partial charge in [0.25, 0.3) is 0 Å². The topological polar surface area (TPSA) is 86.2 Å². The normalized spacial score (nSPS) is 10.5. The number of pyridine rings is 1. The van der Waals surface area contributed by atoms with E-state index in [0.717, 1.165) is 6.20 Å². The van der Waals surface area contributed by atoms with Crippen LogP contribution in [-0.2, 0) is 0 Å². The Balaban J connectivity index is 2.80. The summed E-state index contributed by atoms with van der Waals surface area (Å²) < 4.78 is 0. The van der Waals surface area contributed by atoms with Gasteiger partial charge in [0, 0.05) is 12.4 Å². The maximum atomic E-state index is 10.6. The van der Waals surface area contributed by atoms with Crippen molar-refractivity contribution in [1.82, 2.24) is 9.97 Å². The summed E-state index contributed by atoms with van der Waals surface area (Å²) in [6.07, 6.45) is 2.71. The lowest BCUT2D eigenvalue weighted by Crippen LogP contribution is -1.97. The molecule has 0 amide bonds. The maximum Gasteiger partial charge on any atom is 0.341 e. The van der Waals surface area contributed by atoms with Gasteiger partial charge in [-0.15, -0.1) is 0 Å². The summed E-state index contributed by atoms with van der Waals surface area (Å²) in [6.45, 7) is 0. The Hall–Kier alpha value is -2.04. The zero-order valence-electron chi connectivity index (χ0n) is 6.48. The molecule has 0 atom stereocenters. The number of carboxylic acid groups (broad SMARTS) is 1. The number of aromatic nitrogens is 2. The number of hydrogen-bond acceptors (Lipinski definition) is 3. The fourth-order valence-corrected chi connectivity index (χ4v) is 1.15. The van der Waals surface area contributed by atoms with Crippen LogP contribution in [0.25, 0.3) is 11.0 Å². The van der Waals surface area contributed by atoms with E-state index in [1.807, 2.05) is 0 Å². The Labute approximate surface area is 72.7 Å². The van der Waals surface area contributed by atoms with E-state index in [9.17, 15) is 9.90 Å². The number of H-pyrrole nitrogens is 1. The molecule has 13 heavy (non-hydrogen) atoms. The summed E-state index contributed by atoms with van der Waals surface area (Å²) in [5, 5.41) is 18.5. The predicted molar refractivity (Wildman–Crippen MR) is 44.7 cm³/mol. The number of nitrogens with zero attached hydrogens (tertiary/aromatic N) is 1. The largest absolute Gasteiger partial charge is 0.506 e. The van der Waals surface area contributed by atoms with Crippen LogP contribution in [0.3, 0.4) is 0 Å². The van der Waals surface area contributed by atoms with Gasteiger partial charge in [0.2, 0.25) is 0 Å². The fourth-order valence-electron chi connectivity index (χ4n) is 1.15. The van der Waals surface area contributed by atoms with Gasteiger partial charge in [-0.3, -0.25) is 0 Å². The molecule has 5 heteroatoms. The van der Waals surface area contributed by atoms with E-state index in [1.54, 1.807) is 12.3 Å². The van der Waals surface area contributed by atoms with Crippen LogP contribution >= 0.6 is 0 Å². The zero-order valence-corrected chi connectivity index (χ0v) is 6.48. The minimum absolute atomic E-state index is 0.188. The first kappa shape index (κ1) is 7.60. The van der Waals surface area contributed by atoms with Gasteiger partial charge in [0.1, 0.15) is 17.0 Å². The summed E-state index contributed by atoms with van der Waals surface area (Å²) in [4.78, 5) is 17.2. The second-order valence-corrected chi connectivity index (χ2v) is 2.57. The van der Waals surface area contributed by atoms with E-state index in [2.05, 4.69) is 9.97 Å². The molecule has 2 aromatic heterocycles. The number of nitrogens with one attached hydrogen (secondary N) is 1. The van der Waals surface area contributed by atoms with E-state index in [4.69, 9.17) is 5.11 Å². The molecule has 0 bridgehead atoms. The van der Waals surface area contributed by atoms with Gasteiger partial charge in [0.15, 0.2) is 0 Å². The van der Waals surface area contributed by atoms with Crippen LogP contribution in [0.15, 0.2) is 18.5 Å². The minimum atomic E-state index is -1.19. The molecule has 2 heterocycles. The highest BCUT2D eigenvalue weighted by Crippen LogP contribution is 2.25. The van der Waals surface area contributed by atoms with Gasteiger partial charge >= 0.3 is 5.97 Å². The first-order valence-corrected chi connectivity index (χ1v) is 3.58. The second kappa shape index (κ2) is 2.48. The Bertz CT molecular complexity index is 475. The lowest BCUT2D eigenvalue weighted by molar-refractivity contribution is 0.0693. The van der Waals surface area contributed by atoms with Gasteiger partial charge in [-0.1, -0.05) is 0 Å². The van der Waals surface area contributed by atoms with Gasteiger partial charge in [-0.25, -0.2) is 9.78 Å². The van der Waals surface area contributed by atoms with Gasteiger partial charge < -0.3 is 15.2 Å². The first-order chi connectivity index (χ1) is 6.20. The number of rotatable bonds is 1. The van der Waals surface area contributed by atoms with Crippen LogP contribution in [0.5, 0.6) is 5.75 Å². The zero-order chi connectivity index (χ0) is 9.42. The molecule has 0 aliphatic carbocycles. The summed E-state index contributed by atoms with van der Waals surface area (Å²) in [6, 6.07) is 1.57. The molecule has 0 unspecified atom stereocenters. The quantitative estimate of drug-likeness (QED) is 0.607. The van der Waals surface area contributed by atoms with Crippen LogP contribution in [0.4, 0.5) is 0 Å². The number of aromatic carboxylic acids is 1. The molecule has 5 nitrogen and oxygen atoms in total. The van der Waals surface area contributed by atoms with Crippen molar-refractivity contribution < 1.29 is 15.0 Å². The van der Waals surface area contributed by atoms with E-state index in [0.29, 0.717) is 11.0 Å². The van der Waals surface area contributed by atoms with Crippen LogP contribution in [0.1, 0.15) is 10.4 Å². The predicted octanol–water partition coefficient (Wildman–Crippen LogP) is 0.967. The van der Waals surface area contributed by atoms with Crippen LogP contribution < -0.4 is 0 Å². The lowest BCUT2D eigenvalue weighted by Gasteiger charge is -1.98. The molecular weight excluding hydrogens is 172 g/mol. The highest BCUT2D eigenvalue weighted by molar-refractivity contribution is 5.97. The number of carboxylic acids is 1. The number of aromatic amines is 1. The molecule has 2 aromatic rings. The van der Waals surface area contributed by atoms with Crippen molar-refractivity contribution in [2.75, 3.05) is 0 Å². The Morgan fingerprint density at radius 2 is 2.31 bits per heavy atom. The highest BCUT2D eigenvalue weighted by Gasteiger charge is 2.13. The third-order valence-electron chi connectivity index (χ3n) is 1.79. The molecule has 3 N–H and O–H groups in total.